The van der Waals surface area contributed by atoms with Crippen LogP contribution in [0.5, 0.6) is 0 Å². The van der Waals surface area contributed by atoms with Crippen molar-refractivity contribution in [1.82, 2.24) is 0 Å². The molecule has 3 rings (SSSR count). The van der Waals surface area contributed by atoms with Crippen LogP contribution in [0.4, 0.5) is 0 Å². The highest BCUT2D eigenvalue weighted by atomic mass is 14.8. The minimum Gasteiger partial charge on any atom is -0.327 e. The predicted molar refractivity (Wildman–Crippen MR) is 38.0 cm³/mol. The molecule has 3 aliphatic carbocycles. The molecule has 0 radical (unpaired) electrons. The number of rotatable bonds is 0. The van der Waals surface area contributed by atoms with E-state index >= 15 is 0 Å². The Morgan fingerprint density at radius 3 is 2.11 bits per heavy atom. The summed E-state index contributed by atoms with van der Waals surface area (Å²) in [6.45, 7) is 4.72. The fourth-order valence-electron chi connectivity index (χ4n) is 2.68. The van der Waals surface area contributed by atoms with E-state index in [1.807, 2.05) is 0 Å². The third-order valence-corrected chi connectivity index (χ3v) is 3.62. The van der Waals surface area contributed by atoms with E-state index in [1.165, 1.54) is 12.8 Å². The lowest BCUT2D eigenvalue weighted by molar-refractivity contribution is 0.0480. The van der Waals surface area contributed by atoms with Gasteiger partial charge in [0.15, 0.2) is 0 Å². The van der Waals surface area contributed by atoms with Crippen LogP contribution >= 0.6 is 0 Å². The van der Waals surface area contributed by atoms with E-state index in [0.29, 0.717) is 11.5 Å². The minimum atomic E-state index is 0.532. The van der Waals surface area contributed by atoms with Gasteiger partial charge in [0.25, 0.3) is 0 Å². The molecular formula is C8H15N. The Morgan fingerprint density at radius 2 is 2.00 bits per heavy atom. The van der Waals surface area contributed by atoms with E-state index in [4.69, 9.17) is 5.73 Å². The van der Waals surface area contributed by atoms with Gasteiger partial charge < -0.3 is 5.73 Å². The number of hydrogen-bond acceptors (Lipinski definition) is 1. The smallest absolute Gasteiger partial charge is 0.00753 e. The van der Waals surface area contributed by atoms with Gasteiger partial charge in [-0.15, -0.1) is 0 Å². The SMILES string of the molecule is CC1(C)C2CC(N)C1C2. The molecule has 3 fully saturated rings. The molecule has 3 saturated carbocycles. The van der Waals surface area contributed by atoms with Crippen LogP contribution in [0.15, 0.2) is 0 Å². The quantitative estimate of drug-likeness (QED) is 0.520. The first-order valence-corrected chi connectivity index (χ1v) is 3.88. The van der Waals surface area contributed by atoms with Crippen molar-refractivity contribution in [3.05, 3.63) is 0 Å². The molecule has 2 N–H and O–H groups in total. The molecule has 0 aromatic rings. The van der Waals surface area contributed by atoms with E-state index in [0.717, 1.165) is 11.8 Å². The third kappa shape index (κ3) is 0.493. The highest BCUT2D eigenvalue weighted by molar-refractivity contribution is 5.08. The third-order valence-electron chi connectivity index (χ3n) is 3.62. The minimum absolute atomic E-state index is 0.532. The van der Waals surface area contributed by atoms with Crippen molar-refractivity contribution < 1.29 is 0 Å². The van der Waals surface area contributed by atoms with Gasteiger partial charge in [-0.1, -0.05) is 13.8 Å². The van der Waals surface area contributed by atoms with Crippen molar-refractivity contribution in [1.29, 1.82) is 0 Å². The average Bonchev–Trinajstić information content (AvgIpc) is 2.20. The van der Waals surface area contributed by atoms with Crippen molar-refractivity contribution in [2.75, 3.05) is 0 Å². The van der Waals surface area contributed by atoms with Crippen molar-refractivity contribution in [3.63, 3.8) is 0 Å². The number of hydrogen-bond donors (Lipinski definition) is 1. The Hall–Kier alpha value is -0.0400. The van der Waals surface area contributed by atoms with Crippen LogP contribution in [0.1, 0.15) is 26.7 Å². The second kappa shape index (κ2) is 1.34. The maximum atomic E-state index is 5.90. The van der Waals surface area contributed by atoms with E-state index in [-0.39, 0.29) is 0 Å². The Morgan fingerprint density at radius 1 is 1.33 bits per heavy atom. The molecular weight excluding hydrogens is 110 g/mol. The fraction of sp³-hybridized carbons (Fsp3) is 1.00. The summed E-state index contributed by atoms with van der Waals surface area (Å²) in [4.78, 5) is 0. The van der Waals surface area contributed by atoms with Gasteiger partial charge in [-0.25, -0.2) is 0 Å². The van der Waals surface area contributed by atoms with Gasteiger partial charge in [0.2, 0.25) is 0 Å². The highest BCUT2D eigenvalue weighted by Gasteiger charge is 2.56. The summed E-state index contributed by atoms with van der Waals surface area (Å²) in [5.41, 5.74) is 6.49. The van der Waals surface area contributed by atoms with Gasteiger partial charge >= 0.3 is 0 Å². The van der Waals surface area contributed by atoms with Crippen molar-refractivity contribution >= 4 is 0 Å². The van der Waals surface area contributed by atoms with E-state index in [1.54, 1.807) is 0 Å². The van der Waals surface area contributed by atoms with Crippen molar-refractivity contribution in [2.24, 2.45) is 23.0 Å². The lowest BCUT2D eigenvalue weighted by Crippen LogP contribution is -2.41. The van der Waals surface area contributed by atoms with Gasteiger partial charge in [-0.3, -0.25) is 0 Å². The molecule has 9 heavy (non-hydrogen) atoms. The van der Waals surface area contributed by atoms with Crippen LogP contribution in [0.25, 0.3) is 0 Å². The van der Waals surface area contributed by atoms with E-state index < -0.39 is 0 Å². The normalized spacial score (nSPS) is 53.0. The first kappa shape index (κ1) is 5.72. The maximum Gasteiger partial charge on any atom is 0.00753 e. The molecule has 0 spiro atoms. The van der Waals surface area contributed by atoms with Crippen LogP contribution in [-0.2, 0) is 0 Å². The van der Waals surface area contributed by atoms with Gasteiger partial charge in [-0.05, 0) is 30.1 Å². The Labute approximate surface area is 56.6 Å². The summed E-state index contributed by atoms with van der Waals surface area (Å²) in [5, 5.41) is 0. The zero-order valence-electron chi connectivity index (χ0n) is 6.22. The molecule has 0 aromatic heterocycles. The molecule has 2 bridgehead atoms. The second-order valence-electron chi connectivity index (χ2n) is 4.26. The Balaban J connectivity index is 2.22. The summed E-state index contributed by atoms with van der Waals surface area (Å²) >= 11 is 0. The molecule has 3 unspecified atom stereocenters. The van der Waals surface area contributed by atoms with E-state index in [2.05, 4.69) is 13.8 Å². The second-order valence-corrected chi connectivity index (χ2v) is 4.26. The Bertz CT molecular complexity index is 140. The van der Waals surface area contributed by atoms with E-state index in [9.17, 15) is 0 Å². The van der Waals surface area contributed by atoms with Crippen molar-refractivity contribution in [2.45, 2.75) is 32.7 Å². The molecule has 0 aliphatic heterocycles. The van der Waals surface area contributed by atoms with Crippen LogP contribution in [0.2, 0.25) is 0 Å². The summed E-state index contributed by atoms with van der Waals surface area (Å²) in [6.07, 6.45) is 2.70. The summed E-state index contributed by atoms with van der Waals surface area (Å²) in [7, 11) is 0. The van der Waals surface area contributed by atoms with Gasteiger partial charge in [0, 0.05) is 6.04 Å². The molecule has 3 aliphatic rings. The predicted octanol–water partition coefficient (Wildman–Crippen LogP) is 1.38. The number of fused-ring (bicyclic) bond motifs is 1. The molecule has 52 valence electrons. The molecule has 0 saturated heterocycles. The number of nitrogens with two attached hydrogens (primary N) is 1. The molecule has 0 aromatic carbocycles. The van der Waals surface area contributed by atoms with Crippen molar-refractivity contribution in [3.8, 4) is 0 Å². The van der Waals surface area contributed by atoms with Crippen LogP contribution < -0.4 is 5.73 Å². The fourth-order valence-corrected chi connectivity index (χ4v) is 2.68. The molecule has 1 heteroatoms. The first-order valence-electron chi connectivity index (χ1n) is 3.88. The maximum absolute atomic E-state index is 5.90. The lowest BCUT2D eigenvalue weighted by atomic mass is 9.61. The molecule has 0 heterocycles. The summed E-state index contributed by atoms with van der Waals surface area (Å²) < 4.78 is 0. The largest absolute Gasteiger partial charge is 0.327 e. The standard InChI is InChI=1S/C8H15N/c1-8(2)5-3-6(8)7(9)4-5/h5-7H,3-4,9H2,1-2H3. The van der Waals surface area contributed by atoms with Gasteiger partial charge in [0.05, 0.1) is 0 Å². The summed E-state index contributed by atoms with van der Waals surface area (Å²) in [6, 6.07) is 0.532. The van der Waals surface area contributed by atoms with Crippen LogP contribution in [-0.4, -0.2) is 6.04 Å². The molecule has 3 atom stereocenters. The monoisotopic (exact) mass is 125 g/mol. The van der Waals surface area contributed by atoms with Gasteiger partial charge in [-0.2, -0.15) is 0 Å². The topological polar surface area (TPSA) is 26.0 Å². The van der Waals surface area contributed by atoms with Crippen LogP contribution in [0, 0.1) is 17.3 Å². The van der Waals surface area contributed by atoms with Crippen LogP contribution in [0.3, 0.4) is 0 Å². The van der Waals surface area contributed by atoms with Gasteiger partial charge in [0.1, 0.15) is 0 Å². The molecule has 1 nitrogen and oxygen atoms in total. The summed E-state index contributed by atoms with van der Waals surface area (Å²) in [5.74, 6) is 1.81. The highest BCUT2D eigenvalue weighted by Crippen LogP contribution is 2.61. The zero-order chi connectivity index (χ0) is 6.65. The molecule has 0 amide bonds. The zero-order valence-corrected chi connectivity index (χ0v) is 6.22. The average molecular weight is 125 g/mol. The Kier molecular flexibility index (Phi) is 0.852. The lowest BCUT2D eigenvalue weighted by Gasteiger charge is -2.44. The first-order chi connectivity index (χ1) is 4.12.